The fourth-order valence-electron chi connectivity index (χ4n) is 1.70. The minimum Gasteiger partial charge on any atom is -0.480 e. The Labute approximate surface area is 90.1 Å². The van der Waals surface area contributed by atoms with Crippen LogP contribution in [0.25, 0.3) is 0 Å². The van der Waals surface area contributed by atoms with E-state index < -0.39 is 12.0 Å². The molecule has 0 aliphatic rings. The lowest BCUT2D eigenvalue weighted by Gasteiger charge is -2.17. The van der Waals surface area contributed by atoms with Crippen molar-refractivity contribution in [3.63, 3.8) is 0 Å². The van der Waals surface area contributed by atoms with E-state index in [2.05, 4.69) is 5.32 Å². The Balaban J connectivity index is 3.25. The standard InChI is InChI=1S/C12H17NO2/c1-7-5-6-10(9(3)8(7)2)11(13-4)12(14)15/h5-6,11,13H,1-4H3,(H,14,15). The molecule has 3 nitrogen and oxygen atoms in total. The van der Waals surface area contributed by atoms with E-state index in [0.717, 1.165) is 16.7 Å². The number of carbonyl (C=O) groups is 1. The summed E-state index contributed by atoms with van der Waals surface area (Å²) in [5, 5.41) is 11.9. The molecule has 0 aliphatic carbocycles. The Bertz CT molecular complexity index is 385. The number of likely N-dealkylation sites (N-methyl/N-ethyl adjacent to an activating group) is 1. The smallest absolute Gasteiger partial charge is 0.325 e. The van der Waals surface area contributed by atoms with Gasteiger partial charge in [0, 0.05) is 0 Å². The second-order valence-electron chi connectivity index (χ2n) is 3.78. The molecule has 1 aromatic carbocycles. The minimum absolute atomic E-state index is 0.621. The normalized spacial score (nSPS) is 12.5. The summed E-state index contributed by atoms with van der Waals surface area (Å²) in [7, 11) is 1.66. The van der Waals surface area contributed by atoms with E-state index >= 15 is 0 Å². The Morgan fingerprint density at radius 1 is 1.27 bits per heavy atom. The molecule has 1 aromatic rings. The monoisotopic (exact) mass is 207 g/mol. The van der Waals surface area contributed by atoms with Crippen LogP contribution in [-0.2, 0) is 4.79 Å². The van der Waals surface area contributed by atoms with Crippen LogP contribution in [-0.4, -0.2) is 18.1 Å². The van der Waals surface area contributed by atoms with Gasteiger partial charge >= 0.3 is 5.97 Å². The Kier molecular flexibility index (Phi) is 3.48. The number of benzene rings is 1. The topological polar surface area (TPSA) is 49.3 Å². The van der Waals surface area contributed by atoms with Gasteiger partial charge in [0.15, 0.2) is 0 Å². The minimum atomic E-state index is -0.844. The number of nitrogens with one attached hydrogen (secondary N) is 1. The van der Waals surface area contributed by atoms with Gasteiger partial charge < -0.3 is 10.4 Å². The number of hydrogen-bond acceptors (Lipinski definition) is 2. The average Bonchev–Trinajstić information content (AvgIpc) is 2.18. The first-order valence-electron chi connectivity index (χ1n) is 4.95. The maximum absolute atomic E-state index is 11.0. The predicted octanol–water partition coefficient (Wildman–Crippen LogP) is 1.96. The molecule has 1 rings (SSSR count). The molecule has 0 aliphatic heterocycles. The molecule has 82 valence electrons. The van der Waals surface area contributed by atoms with Crippen molar-refractivity contribution in [1.82, 2.24) is 5.32 Å². The van der Waals surface area contributed by atoms with E-state index in [1.54, 1.807) is 7.05 Å². The molecular weight excluding hydrogens is 190 g/mol. The van der Waals surface area contributed by atoms with Gasteiger partial charge in [0.25, 0.3) is 0 Å². The molecule has 3 heteroatoms. The lowest BCUT2D eigenvalue weighted by atomic mass is 9.94. The van der Waals surface area contributed by atoms with Crippen LogP contribution in [0.2, 0.25) is 0 Å². The second kappa shape index (κ2) is 4.45. The summed E-state index contributed by atoms with van der Waals surface area (Å²) >= 11 is 0. The van der Waals surface area contributed by atoms with Crippen LogP contribution >= 0.6 is 0 Å². The van der Waals surface area contributed by atoms with E-state index in [1.807, 2.05) is 32.9 Å². The van der Waals surface area contributed by atoms with Crippen molar-refractivity contribution in [2.24, 2.45) is 0 Å². The zero-order chi connectivity index (χ0) is 11.6. The van der Waals surface area contributed by atoms with E-state index in [9.17, 15) is 4.79 Å². The van der Waals surface area contributed by atoms with Gasteiger partial charge in [-0.25, -0.2) is 0 Å². The van der Waals surface area contributed by atoms with Crippen molar-refractivity contribution in [1.29, 1.82) is 0 Å². The Morgan fingerprint density at radius 2 is 1.87 bits per heavy atom. The molecule has 1 unspecified atom stereocenters. The van der Waals surface area contributed by atoms with Gasteiger partial charge in [-0.1, -0.05) is 12.1 Å². The summed E-state index contributed by atoms with van der Waals surface area (Å²) in [5.41, 5.74) is 4.25. The molecule has 0 saturated heterocycles. The summed E-state index contributed by atoms with van der Waals surface area (Å²) in [6.07, 6.45) is 0. The number of hydrogen-bond donors (Lipinski definition) is 2. The first kappa shape index (κ1) is 11.7. The lowest BCUT2D eigenvalue weighted by molar-refractivity contribution is -0.139. The molecule has 2 N–H and O–H groups in total. The summed E-state index contributed by atoms with van der Waals surface area (Å²) in [4.78, 5) is 11.0. The van der Waals surface area contributed by atoms with Crippen LogP contribution in [0.15, 0.2) is 12.1 Å². The van der Waals surface area contributed by atoms with Gasteiger partial charge in [-0.15, -0.1) is 0 Å². The summed E-state index contributed by atoms with van der Waals surface area (Å²) in [6.45, 7) is 6.01. The van der Waals surface area contributed by atoms with Crippen LogP contribution in [0.3, 0.4) is 0 Å². The number of rotatable bonds is 3. The highest BCUT2D eigenvalue weighted by Crippen LogP contribution is 2.22. The quantitative estimate of drug-likeness (QED) is 0.796. The van der Waals surface area contributed by atoms with Crippen LogP contribution in [0, 0.1) is 20.8 Å². The molecule has 0 fully saturated rings. The Hall–Kier alpha value is -1.35. The van der Waals surface area contributed by atoms with Crippen LogP contribution in [0.1, 0.15) is 28.3 Å². The van der Waals surface area contributed by atoms with Crippen molar-refractivity contribution in [2.75, 3.05) is 7.05 Å². The van der Waals surface area contributed by atoms with Gasteiger partial charge in [0.1, 0.15) is 6.04 Å². The molecule has 0 heterocycles. The van der Waals surface area contributed by atoms with Crippen molar-refractivity contribution >= 4 is 5.97 Å². The average molecular weight is 207 g/mol. The number of aliphatic carboxylic acids is 1. The maximum atomic E-state index is 11.0. The van der Waals surface area contributed by atoms with Crippen molar-refractivity contribution in [3.05, 3.63) is 34.4 Å². The molecule has 0 radical (unpaired) electrons. The van der Waals surface area contributed by atoms with E-state index in [1.165, 1.54) is 5.56 Å². The first-order valence-corrected chi connectivity index (χ1v) is 4.95. The zero-order valence-corrected chi connectivity index (χ0v) is 9.59. The fourth-order valence-corrected chi connectivity index (χ4v) is 1.70. The number of carboxylic acids is 1. The fraction of sp³-hybridized carbons (Fsp3) is 0.417. The zero-order valence-electron chi connectivity index (χ0n) is 9.59. The van der Waals surface area contributed by atoms with E-state index in [4.69, 9.17) is 5.11 Å². The van der Waals surface area contributed by atoms with Crippen LogP contribution < -0.4 is 5.32 Å². The molecule has 0 aromatic heterocycles. The summed E-state index contributed by atoms with van der Waals surface area (Å²) in [5.74, 6) is -0.844. The van der Waals surface area contributed by atoms with Gasteiger partial charge in [0.2, 0.25) is 0 Å². The molecule has 0 amide bonds. The Morgan fingerprint density at radius 3 is 2.33 bits per heavy atom. The highest BCUT2D eigenvalue weighted by Gasteiger charge is 2.20. The first-order chi connectivity index (χ1) is 6.99. The molecule has 15 heavy (non-hydrogen) atoms. The molecular formula is C12H17NO2. The lowest BCUT2D eigenvalue weighted by Crippen LogP contribution is -2.26. The number of carboxylic acid groups (broad SMARTS) is 1. The van der Waals surface area contributed by atoms with Crippen LogP contribution in [0.5, 0.6) is 0 Å². The van der Waals surface area contributed by atoms with Gasteiger partial charge in [0.05, 0.1) is 0 Å². The third-order valence-corrected chi connectivity index (χ3v) is 2.95. The largest absolute Gasteiger partial charge is 0.480 e. The summed E-state index contributed by atoms with van der Waals surface area (Å²) < 4.78 is 0. The van der Waals surface area contributed by atoms with Gasteiger partial charge in [-0.3, -0.25) is 4.79 Å². The third kappa shape index (κ3) is 2.18. The second-order valence-corrected chi connectivity index (χ2v) is 3.78. The third-order valence-electron chi connectivity index (χ3n) is 2.95. The highest BCUT2D eigenvalue weighted by atomic mass is 16.4. The predicted molar refractivity (Wildman–Crippen MR) is 60.1 cm³/mol. The molecule has 0 bridgehead atoms. The van der Waals surface area contributed by atoms with Gasteiger partial charge in [-0.2, -0.15) is 0 Å². The van der Waals surface area contributed by atoms with E-state index in [-0.39, 0.29) is 0 Å². The van der Waals surface area contributed by atoms with Crippen molar-refractivity contribution in [3.8, 4) is 0 Å². The summed E-state index contributed by atoms with van der Waals surface area (Å²) in [6, 6.07) is 3.22. The number of aryl methyl sites for hydroxylation is 1. The van der Waals surface area contributed by atoms with Crippen LogP contribution in [0.4, 0.5) is 0 Å². The SMILES string of the molecule is CNC(C(=O)O)c1ccc(C)c(C)c1C. The molecule has 0 saturated carbocycles. The molecule has 1 atom stereocenters. The van der Waals surface area contributed by atoms with Gasteiger partial charge in [-0.05, 0) is 50.1 Å². The van der Waals surface area contributed by atoms with E-state index in [0.29, 0.717) is 0 Å². The maximum Gasteiger partial charge on any atom is 0.325 e. The molecule has 0 spiro atoms. The van der Waals surface area contributed by atoms with Crippen molar-refractivity contribution < 1.29 is 9.90 Å². The highest BCUT2D eigenvalue weighted by molar-refractivity contribution is 5.76. The van der Waals surface area contributed by atoms with Crippen molar-refractivity contribution in [2.45, 2.75) is 26.8 Å².